The van der Waals surface area contributed by atoms with E-state index in [4.69, 9.17) is 9.84 Å². The van der Waals surface area contributed by atoms with Gasteiger partial charge in [-0.1, -0.05) is 5.75 Å². The maximum absolute atomic E-state index is 11.4. The first-order valence-corrected chi connectivity index (χ1v) is 4.33. The Morgan fingerprint density at radius 2 is 2.19 bits per heavy atom. The maximum atomic E-state index is 11.4. The highest BCUT2D eigenvalue weighted by Crippen LogP contribution is 2.28. The Morgan fingerprint density at radius 1 is 1.50 bits per heavy atom. The second kappa shape index (κ2) is 4.97. The summed E-state index contributed by atoms with van der Waals surface area (Å²) < 4.78 is 4.78. The van der Waals surface area contributed by atoms with Crippen molar-refractivity contribution in [2.45, 2.75) is 0 Å². The highest BCUT2D eigenvalue weighted by Gasteiger charge is 2.02. The average Bonchev–Trinajstić information content (AvgIpc) is 2.27. The van der Waals surface area contributed by atoms with Crippen LogP contribution >= 0.6 is 0 Å². The number of hydrogen-bond donors (Lipinski definition) is 1. The van der Waals surface area contributed by atoms with Crippen LogP contribution in [0.1, 0.15) is 15.9 Å². The van der Waals surface area contributed by atoms with Gasteiger partial charge in [0.1, 0.15) is 12.0 Å². The van der Waals surface area contributed by atoms with Crippen LogP contribution < -0.4 is 9.84 Å². The van der Waals surface area contributed by atoms with E-state index in [-0.39, 0.29) is 11.3 Å². The number of ether oxygens (including phenoxy) is 1. The molecule has 0 heterocycles. The van der Waals surface area contributed by atoms with Crippen molar-refractivity contribution < 1.29 is 24.5 Å². The predicted molar refractivity (Wildman–Crippen MR) is 54.5 cm³/mol. The van der Waals surface area contributed by atoms with Crippen molar-refractivity contribution in [1.29, 1.82) is 0 Å². The first kappa shape index (κ1) is 11.8. The van der Waals surface area contributed by atoms with Crippen molar-refractivity contribution in [2.24, 2.45) is 0 Å². The molecule has 5 heteroatoms. The molecule has 0 radical (unpaired) electrons. The van der Waals surface area contributed by atoms with E-state index in [1.165, 1.54) is 25.3 Å². The van der Waals surface area contributed by atoms with Crippen LogP contribution in [0, 0.1) is 0 Å². The summed E-state index contributed by atoms with van der Waals surface area (Å²) in [4.78, 5) is 20.9. The van der Waals surface area contributed by atoms with Crippen molar-refractivity contribution in [2.75, 3.05) is 7.11 Å². The number of methoxy groups -OCH3 is 1. The standard InChI is InChI=1S/C11H10O5/c1-16-9-5-7(2-3-10(13)14)4-8(6-12)11(9)15/h2-6,15H,1H3,(H,13,14)/p-1/b3-2+. The van der Waals surface area contributed by atoms with E-state index in [1.54, 1.807) is 0 Å². The van der Waals surface area contributed by atoms with Crippen LogP contribution in [-0.2, 0) is 4.79 Å². The van der Waals surface area contributed by atoms with Crippen molar-refractivity contribution in [1.82, 2.24) is 0 Å². The van der Waals surface area contributed by atoms with Crippen LogP contribution in [0.3, 0.4) is 0 Å². The molecule has 0 saturated carbocycles. The molecule has 0 aliphatic carbocycles. The van der Waals surface area contributed by atoms with Crippen molar-refractivity contribution >= 4 is 18.3 Å². The van der Waals surface area contributed by atoms with E-state index in [9.17, 15) is 14.7 Å². The SMILES string of the molecule is COc1cc(/C=C/C(=O)O)cc(C=O)c1[O-]. The van der Waals surface area contributed by atoms with Gasteiger partial charge in [0.15, 0.2) is 0 Å². The molecule has 1 rings (SSSR count). The monoisotopic (exact) mass is 221 g/mol. The number of carbonyl (C=O) groups excluding carboxylic acids is 1. The van der Waals surface area contributed by atoms with Gasteiger partial charge in [-0.25, -0.2) is 4.79 Å². The second-order valence-electron chi connectivity index (χ2n) is 2.93. The lowest BCUT2D eigenvalue weighted by molar-refractivity contribution is -0.270. The summed E-state index contributed by atoms with van der Waals surface area (Å²) in [6.45, 7) is 0. The van der Waals surface area contributed by atoms with Gasteiger partial charge in [0.2, 0.25) is 0 Å². The largest absolute Gasteiger partial charge is 0.869 e. The first-order valence-electron chi connectivity index (χ1n) is 4.33. The fraction of sp³-hybridized carbons (Fsp3) is 0.0909. The normalized spacial score (nSPS) is 10.3. The lowest BCUT2D eigenvalue weighted by Crippen LogP contribution is -2.00. The zero-order valence-electron chi connectivity index (χ0n) is 8.47. The van der Waals surface area contributed by atoms with E-state index in [0.29, 0.717) is 11.8 Å². The lowest BCUT2D eigenvalue weighted by atomic mass is 10.1. The number of carboxylic acids is 1. The molecular weight excluding hydrogens is 212 g/mol. The van der Waals surface area contributed by atoms with Crippen LogP contribution in [0.15, 0.2) is 18.2 Å². The molecular formula is C11H9O5-. The summed E-state index contributed by atoms with van der Waals surface area (Å²) in [5.41, 5.74) is 0.352. The second-order valence-corrected chi connectivity index (χ2v) is 2.93. The third-order valence-corrected chi connectivity index (χ3v) is 1.87. The highest BCUT2D eigenvalue weighted by molar-refractivity contribution is 5.87. The summed E-state index contributed by atoms with van der Waals surface area (Å²) >= 11 is 0. The predicted octanol–water partition coefficient (Wildman–Crippen LogP) is 0.679. The number of rotatable bonds is 4. The topological polar surface area (TPSA) is 86.7 Å². The van der Waals surface area contributed by atoms with E-state index >= 15 is 0 Å². The molecule has 1 aromatic carbocycles. The van der Waals surface area contributed by atoms with Gasteiger partial charge >= 0.3 is 5.97 Å². The van der Waals surface area contributed by atoms with Crippen LogP contribution in [0.4, 0.5) is 0 Å². The molecule has 0 unspecified atom stereocenters. The van der Waals surface area contributed by atoms with E-state index in [1.807, 2.05) is 0 Å². The van der Waals surface area contributed by atoms with Crippen LogP contribution in [0.2, 0.25) is 0 Å². The van der Waals surface area contributed by atoms with Gasteiger partial charge in [-0.05, 0) is 23.8 Å². The minimum atomic E-state index is -1.11. The average molecular weight is 221 g/mol. The van der Waals surface area contributed by atoms with Crippen molar-refractivity contribution in [3.05, 3.63) is 29.3 Å². The number of benzene rings is 1. The van der Waals surface area contributed by atoms with Crippen molar-refractivity contribution in [3.63, 3.8) is 0 Å². The summed E-state index contributed by atoms with van der Waals surface area (Å²) in [5, 5.41) is 19.9. The molecule has 0 bridgehead atoms. The minimum Gasteiger partial charge on any atom is -0.869 e. The zero-order chi connectivity index (χ0) is 12.1. The summed E-state index contributed by atoms with van der Waals surface area (Å²) in [5.74, 6) is -1.61. The molecule has 84 valence electrons. The highest BCUT2D eigenvalue weighted by atomic mass is 16.5. The van der Waals surface area contributed by atoms with E-state index < -0.39 is 11.7 Å². The Labute approximate surface area is 91.6 Å². The molecule has 0 fully saturated rings. The molecule has 1 aromatic rings. The van der Waals surface area contributed by atoms with E-state index in [0.717, 1.165) is 6.08 Å². The van der Waals surface area contributed by atoms with Gasteiger partial charge in [0.05, 0.1) is 7.11 Å². The quantitative estimate of drug-likeness (QED) is 0.596. The van der Waals surface area contributed by atoms with Gasteiger partial charge in [-0.15, -0.1) is 0 Å². The molecule has 16 heavy (non-hydrogen) atoms. The summed E-state index contributed by atoms with van der Waals surface area (Å²) in [7, 11) is 1.30. The lowest BCUT2D eigenvalue weighted by Gasteiger charge is -2.15. The van der Waals surface area contributed by atoms with Gasteiger partial charge in [0.25, 0.3) is 0 Å². The number of carboxylic acid groups (broad SMARTS) is 1. The Kier molecular flexibility index (Phi) is 3.66. The fourth-order valence-corrected chi connectivity index (χ4v) is 1.15. The molecule has 0 amide bonds. The van der Waals surface area contributed by atoms with Crippen molar-refractivity contribution in [3.8, 4) is 11.5 Å². The Hall–Kier alpha value is -2.30. The first-order chi connectivity index (χ1) is 7.58. The third-order valence-electron chi connectivity index (χ3n) is 1.87. The Morgan fingerprint density at radius 3 is 2.69 bits per heavy atom. The number of aliphatic carboxylic acids is 1. The number of carbonyl (C=O) groups is 2. The minimum absolute atomic E-state index is 0.00892. The molecule has 5 nitrogen and oxygen atoms in total. The zero-order valence-corrected chi connectivity index (χ0v) is 8.47. The molecule has 0 spiro atoms. The van der Waals surface area contributed by atoms with Crippen LogP contribution in [0.25, 0.3) is 6.08 Å². The molecule has 0 aliphatic heterocycles. The van der Waals surface area contributed by atoms with E-state index in [2.05, 4.69) is 0 Å². The molecule has 0 aliphatic rings. The number of aldehydes is 1. The summed E-state index contributed by atoms with van der Waals surface area (Å²) in [6.07, 6.45) is 2.59. The van der Waals surface area contributed by atoms with Gasteiger partial charge in [-0.3, -0.25) is 4.79 Å². The van der Waals surface area contributed by atoms with Gasteiger partial charge in [-0.2, -0.15) is 0 Å². The Balaban J connectivity index is 3.21. The van der Waals surface area contributed by atoms with Crippen LogP contribution in [-0.4, -0.2) is 24.5 Å². The molecule has 0 atom stereocenters. The van der Waals surface area contributed by atoms with Gasteiger partial charge in [0, 0.05) is 11.6 Å². The summed E-state index contributed by atoms with van der Waals surface area (Å²) in [6, 6.07) is 2.67. The maximum Gasteiger partial charge on any atom is 0.328 e. The molecule has 1 N–H and O–H groups in total. The fourth-order valence-electron chi connectivity index (χ4n) is 1.15. The van der Waals surface area contributed by atoms with Crippen LogP contribution in [0.5, 0.6) is 11.5 Å². The Bertz CT molecular complexity index is 448. The third kappa shape index (κ3) is 2.60. The smallest absolute Gasteiger partial charge is 0.328 e. The molecule has 0 saturated heterocycles. The molecule has 0 aromatic heterocycles. The number of hydrogen-bond acceptors (Lipinski definition) is 4. The van der Waals surface area contributed by atoms with Gasteiger partial charge < -0.3 is 14.9 Å².